The maximum absolute atomic E-state index is 12.7. The number of hydrogen-bond acceptors (Lipinski definition) is 3. The first-order chi connectivity index (χ1) is 12.1. The molecule has 2 N–H and O–H groups in total. The number of likely N-dealkylation sites (tertiary alicyclic amines) is 1. The van der Waals surface area contributed by atoms with Gasteiger partial charge >= 0.3 is 0 Å². The lowest BCUT2D eigenvalue weighted by Crippen LogP contribution is -2.67. The van der Waals surface area contributed by atoms with Crippen LogP contribution in [0.4, 0.5) is 5.69 Å². The van der Waals surface area contributed by atoms with Gasteiger partial charge in [0.15, 0.2) is 0 Å². The second-order valence-corrected chi connectivity index (χ2v) is 7.47. The van der Waals surface area contributed by atoms with Crippen LogP contribution in [-0.2, 0) is 10.3 Å². The van der Waals surface area contributed by atoms with Gasteiger partial charge in [-0.05, 0) is 38.2 Å². The molecule has 25 heavy (non-hydrogen) atoms. The summed E-state index contributed by atoms with van der Waals surface area (Å²) < 4.78 is 0. The highest BCUT2D eigenvalue weighted by molar-refractivity contribution is 5.93. The maximum Gasteiger partial charge on any atom is 0.238 e. The zero-order valence-electron chi connectivity index (χ0n) is 15.0. The number of nitrogens with zero attached hydrogens (tertiary/aromatic N) is 2. The zero-order valence-corrected chi connectivity index (χ0v) is 15.0. The number of aromatic nitrogens is 2. The van der Waals surface area contributed by atoms with Gasteiger partial charge in [-0.2, -0.15) is 5.10 Å². The summed E-state index contributed by atoms with van der Waals surface area (Å²) in [5.74, 6) is 0.723. The van der Waals surface area contributed by atoms with Crippen molar-refractivity contribution in [3.05, 3.63) is 47.3 Å². The first-order valence-corrected chi connectivity index (χ1v) is 9.23. The summed E-state index contributed by atoms with van der Waals surface area (Å²) >= 11 is 0. The molecule has 0 radical (unpaired) electrons. The summed E-state index contributed by atoms with van der Waals surface area (Å²) in [6.45, 7) is 5.30. The largest absolute Gasteiger partial charge is 0.322 e. The molecule has 1 aliphatic carbocycles. The highest BCUT2D eigenvalue weighted by Gasteiger charge is 2.55. The van der Waals surface area contributed by atoms with Crippen molar-refractivity contribution < 1.29 is 4.79 Å². The van der Waals surface area contributed by atoms with E-state index in [0.717, 1.165) is 30.0 Å². The first kappa shape index (κ1) is 16.3. The fourth-order valence-corrected chi connectivity index (χ4v) is 4.79. The Morgan fingerprint density at radius 2 is 2.12 bits per heavy atom. The van der Waals surface area contributed by atoms with Gasteiger partial charge in [0.05, 0.1) is 29.2 Å². The van der Waals surface area contributed by atoms with Crippen molar-refractivity contribution in [2.45, 2.75) is 45.1 Å². The third-order valence-electron chi connectivity index (χ3n) is 6.04. The Bertz CT molecular complexity index is 750. The number of anilines is 1. The minimum absolute atomic E-state index is 0.0481. The number of aromatic amines is 1. The van der Waals surface area contributed by atoms with E-state index in [-0.39, 0.29) is 11.4 Å². The van der Waals surface area contributed by atoms with Crippen LogP contribution in [0.3, 0.4) is 0 Å². The van der Waals surface area contributed by atoms with Gasteiger partial charge in [0.25, 0.3) is 0 Å². The van der Waals surface area contributed by atoms with Crippen LogP contribution in [0.5, 0.6) is 0 Å². The zero-order chi connectivity index (χ0) is 17.4. The van der Waals surface area contributed by atoms with Gasteiger partial charge < -0.3 is 5.32 Å². The summed E-state index contributed by atoms with van der Waals surface area (Å²) in [7, 11) is 0. The molecule has 2 heterocycles. The fraction of sp³-hybridized carbons (Fsp3) is 0.500. The van der Waals surface area contributed by atoms with E-state index < -0.39 is 0 Å². The molecular formula is C20H26N4O. The molecule has 5 nitrogen and oxygen atoms in total. The summed E-state index contributed by atoms with van der Waals surface area (Å²) in [6, 6.07) is 10.8. The number of rotatable bonds is 4. The summed E-state index contributed by atoms with van der Waals surface area (Å²) in [5, 5.41) is 10.1. The minimum atomic E-state index is 0.0481. The second kappa shape index (κ2) is 6.30. The molecule has 1 saturated carbocycles. The average molecular weight is 338 g/mol. The van der Waals surface area contributed by atoms with E-state index in [1.54, 1.807) is 0 Å². The van der Waals surface area contributed by atoms with Gasteiger partial charge in [-0.15, -0.1) is 0 Å². The highest BCUT2D eigenvalue weighted by Crippen LogP contribution is 2.53. The Kier molecular flexibility index (Phi) is 4.12. The molecule has 1 aromatic heterocycles. The highest BCUT2D eigenvalue weighted by atomic mass is 16.2. The summed E-state index contributed by atoms with van der Waals surface area (Å²) in [5.41, 5.74) is 3.98. The molecule has 2 aromatic rings. The van der Waals surface area contributed by atoms with Gasteiger partial charge in [0.1, 0.15) is 0 Å². The minimum Gasteiger partial charge on any atom is -0.322 e. The lowest BCUT2D eigenvalue weighted by molar-refractivity contribution is -0.138. The van der Waals surface area contributed by atoms with E-state index in [9.17, 15) is 4.79 Å². The van der Waals surface area contributed by atoms with Crippen LogP contribution in [0.15, 0.2) is 30.3 Å². The molecule has 4 rings (SSSR count). The Morgan fingerprint density at radius 1 is 1.32 bits per heavy atom. The van der Waals surface area contributed by atoms with Crippen molar-refractivity contribution in [1.29, 1.82) is 0 Å². The number of benzene rings is 1. The van der Waals surface area contributed by atoms with Crippen LogP contribution < -0.4 is 5.32 Å². The fourth-order valence-electron chi connectivity index (χ4n) is 4.79. The van der Waals surface area contributed by atoms with Gasteiger partial charge in [-0.25, -0.2) is 0 Å². The van der Waals surface area contributed by atoms with Crippen LogP contribution in [0, 0.1) is 19.8 Å². The van der Waals surface area contributed by atoms with Crippen LogP contribution in [-0.4, -0.2) is 34.1 Å². The smallest absolute Gasteiger partial charge is 0.238 e. The first-order valence-electron chi connectivity index (χ1n) is 9.23. The molecule has 5 heteroatoms. The SMILES string of the molecule is Cc1n[nH]c(C)c1NC(=O)CN1C[C@@H]2CCCC[C@@]21c1ccccc1. The molecule has 0 bridgehead atoms. The number of amides is 1. The number of aryl methyl sites for hydroxylation is 2. The predicted octanol–water partition coefficient (Wildman–Crippen LogP) is 3.37. The van der Waals surface area contributed by atoms with E-state index in [4.69, 9.17) is 0 Å². The maximum atomic E-state index is 12.7. The predicted molar refractivity (Wildman–Crippen MR) is 98.3 cm³/mol. The average Bonchev–Trinajstić information content (AvgIpc) is 2.92. The molecule has 2 fully saturated rings. The van der Waals surface area contributed by atoms with Crippen LogP contribution in [0.1, 0.15) is 42.6 Å². The van der Waals surface area contributed by atoms with Crippen LogP contribution in [0.2, 0.25) is 0 Å². The summed E-state index contributed by atoms with van der Waals surface area (Å²) in [4.78, 5) is 15.1. The number of hydrogen-bond donors (Lipinski definition) is 2. The van der Waals surface area contributed by atoms with Gasteiger partial charge in [0, 0.05) is 6.54 Å². The molecule has 2 aliphatic rings. The molecule has 1 amide bonds. The van der Waals surface area contributed by atoms with Crippen molar-refractivity contribution in [2.75, 3.05) is 18.4 Å². The molecule has 0 spiro atoms. The molecule has 1 aliphatic heterocycles. The van der Waals surface area contributed by atoms with Gasteiger partial charge in [0.2, 0.25) is 5.91 Å². The van der Waals surface area contributed by atoms with E-state index in [2.05, 4.69) is 50.7 Å². The van der Waals surface area contributed by atoms with Crippen molar-refractivity contribution in [3.63, 3.8) is 0 Å². The van der Waals surface area contributed by atoms with Crippen molar-refractivity contribution in [2.24, 2.45) is 5.92 Å². The van der Waals surface area contributed by atoms with Crippen molar-refractivity contribution in [1.82, 2.24) is 15.1 Å². The molecule has 1 aromatic carbocycles. The number of carbonyl (C=O) groups excluding carboxylic acids is 1. The van der Waals surface area contributed by atoms with Gasteiger partial charge in [-0.3, -0.25) is 14.8 Å². The second-order valence-electron chi connectivity index (χ2n) is 7.47. The van der Waals surface area contributed by atoms with Crippen LogP contribution in [0.25, 0.3) is 0 Å². The molecular weight excluding hydrogens is 312 g/mol. The van der Waals surface area contributed by atoms with Gasteiger partial charge in [-0.1, -0.05) is 43.2 Å². The standard InChI is InChI=1S/C20H26N4O/c1-14-19(15(2)23-22-14)21-18(25)13-24-12-17-10-6-7-11-20(17,24)16-8-4-3-5-9-16/h3-5,8-9,17H,6-7,10-13H2,1-2H3,(H,21,25)(H,22,23)/t17-,20+/m0/s1. The monoisotopic (exact) mass is 338 g/mol. The summed E-state index contributed by atoms with van der Waals surface area (Å²) in [6.07, 6.45) is 4.97. The molecule has 1 saturated heterocycles. The molecule has 0 unspecified atom stereocenters. The normalized spacial score (nSPS) is 25.9. The Morgan fingerprint density at radius 3 is 2.80 bits per heavy atom. The Labute approximate surface area is 148 Å². The van der Waals surface area contributed by atoms with E-state index in [1.165, 1.54) is 24.8 Å². The third-order valence-corrected chi connectivity index (χ3v) is 6.04. The van der Waals surface area contributed by atoms with Crippen molar-refractivity contribution in [3.8, 4) is 0 Å². The quantitative estimate of drug-likeness (QED) is 0.898. The van der Waals surface area contributed by atoms with E-state index in [0.29, 0.717) is 12.5 Å². The third kappa shape index (κ3) is 2.67. The Hall–Kier alpha value is -2.14. The number of carbonyl (C=O) groups is 1. The topological polar surface area (TPSA) is 61.0 Å². The number of nitrogens with one attached hydrogen (secondary N) is 2. The lowest BCUT2D eigenvalue weighted by Gasteiger charge is -2.61. The molecule has 132 valence electrons. The van der Waals surface area contributed by atoms with E-state index in [1.807, 2.05) is 13.8 Å². The number of H-pyrrole nitrogens is 1. The lowest BCUT2D eigenvalue weighted by atomic mass is 9.62. The Balaban J connectivity index is 1.53. The molecule has 2 atom stereocenters. The van der Waals surface area contributed by atoms with E-state index >= 15 is 0 Å². The number of fused-ring (bicyclic) bond motifs is 1. The van der Waals surface area contributed by atoms with Crippen molar-refractivity contribution >= 4 is 11.6 Å². The van der Waals surface area contributed by atoms with Crippen LogP contribution >= 0.6 is 0 Å².